The molecule has 0 spiro atoms. The molecule has 10 nitrogen and oxygen atoms in total. The number of ether oxygens (including phenoxy) is 3. The first-order chi connectivity index (χ1) is 24.2. The van der Waals surface area contributed by atoms with Gasteiger partial charge in [-0.05, 0) is 60.5 Å². The molecule has 0 aliphatic carbocycles. The Morgan fingerprint density at radius 3 is 2.60 bits per heavy atom. The van der Waals surface area contributed by atoms with E-state index >= 15 is 8.78 Å². The number of carboxylic acids is 1. The lowest BCUT2D eigenvalue weighted by Crippen LogP contribution is -2.31. The van der Waals surface area contributed by atoms with Crippen molar-refractivity contribution < 1.29 is 32.9 Å². The molecule has 1 aliphatic heterocycles. The molecule has 1 unspecified atom stereocenters. The third-order valence-electron chi connectivity index (χ3n) is 8.46. The Hall–Kier alpha value is -6.06. The van der Waals surface area contributed by atoms with E-state index in [4.69, 9.17) is 14.2 Å². The number of methoxy groups -OCH3 is 1. The Bertz CT molecular complexity index is 2300. The van der Waals surface area contributed by atoms with Gasteiger partial charge >= 0.3 is 5.97 Å². The van der Waals surface area contributed by atoms with Gasteiger partial charge in [-0.15, -0.1) is 0 Å². The monoisotopic (exact) mass is 675 g/mol. The largest absolute Gasteiger partial charge is 0.496 e. The molecule has 3 aromatic heterocycles. The lowest BCUT2D eigenvalue weighted by atomic mass is 10.0. The topological polar surface area (TPSA) is 114 Å². The minimum Gasteiger partial charge on any atom is -0.496 e. The van der Waals surface area contributed by atoms with Crippen LogP contribution < -0.4 is 9.47 Å². The minimum absolute atomic E-state index is 0.0148. The number of nitrogens with zero attached hydrogens (tertiary/aromatic N) is 5. The van der Waals surface area contributed by atoms with Gasteiger partial charge in [0.2, 0.25) is 5.88 Å². The zero-order chi connectivity index (χ0) is 34.8. The predicted octanol–water partition coefficient (Wildman–Crippen LogP) is 6.18. The third-order valence-corrected chi connectivity index (χ3v) is 8.46. The van der Waals surface area contributed by atoms with Crippen molar-refractivity contribution in [3.8, 4) is 34.7 Å². The van der Waals surface area contributed by atoms with Crippen LogP contribution in [0.25, 0.3) is 22.3 Å². The highest BCUT2D eigenvalue weighted by atomic mass is 19.1. The number of benzene rings is 3. The third kappa shape index (κ3) is 6.90. The van der Waals surface area contributed by atoms with E-state index in [1.807, 2.05) is 36.0 Å². The maximum Gasteiger partial charge on any atom is 0.335 e. The van der Waals surface area contributed by atoms with Crippen molar-refractivity contribution in [2.24, 2.45) is 7.05 Å². The van der Waals surface area contributed by atoms with Crippen LogP contribution in [-0.4, -0.2) is 55.2 Å². The van der Waals surface area contributed by atoms with Gasteiger partial charge in [-0.3, -0.25) is 4.68 Å². The van der Waals surface area contributed by atoms with E-state index in [1.54, 1.807) is 48.3 Å². The fraction of sp³-hybridized carbons (Fsp3) is 0.211. The maximum absolute atomic E-state index is 15.6. The van der Waals surface area contributed by atoms with Crippen LogP contribution in [0.1, 0.15) is 44.9 Å². The summed E-state index contributed by atoms with van der Waals surface area (Å²) in [6.45, 7) is 1.18. The van der Waals surface area contributed by atoms with Crippen LogP contribution >= 0.6 is 0 Å². The summed E-state index contributed by atoms with van der Waals surface area (Å²) >= 11 is 0. The highest BCUT2D eigenvalue weighted by Gasteiger charge is 2.24. The van der Waals surface area contributed by atoms with Gasteiger partial charge in [-0.25, -0.2) is 23.5 Å². The van der Waals surface area contributed by atoms with Gasteiger partial charge in [0.1, 0.15) is 29.8 Å². The van der Waals surface area contributed by atoms with E-state index in [9.17, 15) is 9.90 Å². The zero-order valence-electron chi connectivity index (χ0n) is 27.2. The van der Waals surface area contributed by atoms with Crippen LogP contribution in [0.5, 0.6) is 11.6 Å². The lowest BCUT2D eigenvalue weighted by molar-refractivity contribution is -0.0589. The SMILES string of the molecule is COc1cc(C#Cc2cnn(C)c2)ccc1COc1cccc(-c2cc(F)c(Cc3nc4ccc(C(=O)O)cc4n3CC3CCO3)cc2F)n1. The van der Waals surface area contributed by atoms with Crippen molar-refractivity contribution in [1.29, 1.82) is 0 Å². The number of aromatic nitrogens is 5. The predicted molar refractivity (Wildman–Crippen MR) is 180 cm³/mol. The zero-order valence-corrected chi connectivity index (χ0v) is 27.2. The Kier molecular flexibility index (Phi) is 8.98. The molecule has 4 heterocycles. The molecule has 1 aliphatic rings. The molecular formula is C38H31F2N5O5. The molecule has 6 aromatic rings. The molecular weight excluding hydrogens is 644 g/mol. The second-order valence-electron chi connectivity index (χ2n) is 11.9. The summed E-state index contributed by atoms with van der Waals surface area (Å²) in [4.78, 5) is 20.7. The molecule has 0 radical (unpaired) electrons. The number of carbonyl (C=O) groups is 1. The first-order valence-electron chi connectivity index (χ1n) is 15.8. The summed E-state index contributed by atoms with van der Waals surface area (Å²) in [5.41, 5.74) is 3.85. The summed E-state index contributed by atoms with van der Waals surface area (Å²) < 4.78 is 51.9. The molecule has 1 fully saturated rings. The van der Waals surface area contributed by atoms with Crippen LogP contribution in [0.2, 0.25) is 0 Å². The number of imidazole rings is 1. The number of hydrogen-bond donors (Lipinski definition) is 1. The van der Waals surface area contributed by atoms with E-state index in [0.29, 0.717) is 35.8 Å². The highest BCUT2D eigenvalue weighted by molar-refractivity contribution is 5.92. The fourth-order valence-corrected chi connectivity index (χ4v) is 5.74. The molecule has 7 rings (SSSR count). The van der Waals surface area contributed by atoms with Crippen LogP contribution in [0.3, 0.4) is 0 Å². The van der Waals surface area contributed by atoms with Crippen molar-refractivity contribution in [1.82, 2.24) is 24.3 Å². The highest BCUT2D eigenvalue weighted by Crippen LogP contribution is 2.29. The van der Waals surface area contributed by atoms with E-state index < -0.39 is 17.6 Å². The molecule has 0 amide bonds. The van der Waals surface area contributed by atoms with E-state index in [2.05, 4.69) is 26.9 Å². The molecule has 1 saturated heterocycles. The number of aromatic carboxylic acids is 1. The summed E-state index contributed by atoms with van der Waals surface area (Å²) in [6, 6.07) is 17.3. The number of fused-ring (bicyclic) bond motifs is 1. The van der Waals surface area contributed by atoms with Gasteiger partial charge < -0.3 is 23.9 Å². The minimum atomic E-state index is -1.06. The van der Waals surface area contributed by atoms with Crippen LogP contribution in [0, 0.1) is 23.5 Å². The van der Waals surface area contributed by atoms with Crippen molar-refractivity contribution in [3.05, 3.63) is 124 Å². The number of hydrogen-bond acceptors (Lipinski definition) is 7. The second-order valence-corrected chi connectivity index (χ2v) is 11.9. The summed E-state index contributed by atoms with van der Waals surface area (Å²) in [7, 11) is 3.39. The quantitative estimate of drug-likeness (QED) is 0.172. The fourth-order valence-electron chi connectivity index (χ4n) is 5.74. The van der Waals surface area contributed by atoms with E-state index in [0.717, 1.165) is 35.2 Å². The van der Waals surface area contributed by atoms with Gasteiger partial charge in [0.25, 0.3) is 0 Å². The molecule has 0 bridgehead atoms. The second kappa shape index (κ2) is 13.8. The molecule has 0 saturated carbocycles. The molecule has 1 atom stereocenters. The molecule has 1 N–H and O–H groups in total. The van der Waals surface area contributed by atoms with Crippen molar-refractivity contribution >= 4 is 17.0 Å². The number of rotatable bonds is 10. The smallest absolute Gasteiger partial charge is 0.335 e. The van der Waals surface area contributed by atoms with Crippen LogP contribution in [-0.2, 0) is 31.4 Å². The van der Waals surface area contributed by atoms with Gasteiger partial charge in [0, 0.05) is 49.0 Å². The lowest BCUT2D eigenvalue weighted by Gasteiger charge is -2.27. The van der Waals surface area contributed by atoms with Crippen LogP contribution in [0.4, 0.5) is 8.78 Å². The van der Waals surface area contributed by atoms with E-state index in [1.165, 1.54) is 6.07 Å². The number of aryl methyl sites for hydroxylation is 1. The number of pyridine rings is 1. The molecule has 50 heavy (non-hydrogen) atoms. The van der Waals surface area contributed by atoms with Crippen molar-refractivity contribution in [2.45, 2.75) is 32.1 Å². The van der Waals surface area contributed by atoms with Crippen LogP contribution in [0.15, 0.2) is 79.1 Å². The first kappa shape index (κ1) is 32.5. The first-order valence-corrected chi connectivity index (χ1v) is 15.8. The average molecular weight is 676 g/mol. The standard InChI is InChI=1S/C38H31F2N5O5/c1-44-20-24(19-41-44)7-6-23-8-9-26(35(14-23)48-2)22-50-37-5-3-4-32(43-37)29-18-30(39)27(15-31(29)40)17-36-42-33-11-10-25(38(46)47)16-34(33)45(36)21-28-12-13-49-28/h3-5,8-11,14-16,18-20,28H,12-13,17,21-22H2,1-2H3,(H,46,47). The van der Waals surface area contributed by atoms with Crippen molar-refractivity contribution in [3.63, 3.8) is 0 Å². The Morgan fingerprint density at radius 1 is 1.02 bits per heavy atom. The Balaban J connectivity index is 1.09. The molecule has 3 aromatic carbocycles. The van der Waals surface area contributed by atoms with Gasteiger partial charge in [0.05, 0.1) is 53.8 Å². The number of halogens is 2. The normalized spacial score (nSPS) is 13.8. The Labute approximate surface area is 285 Å². The van der Waals surface area contributed by atoms with Gasteiger partial charge in [-0.1, -0.05) is 24.0 Å². The molecule has 12 heteroatoms. The van der Waals surface area contributed by atoms with Gasteiger partial charge in [0.15, 0.2) is 0 Å². The average Bonchev–Trinajstić information content (AvgIpc) is 3.67. The Morgan fingerprint density at radius 2 is 1.86 bits per heavy atom. The maximum atomic E-state index is 15.6. The summed E-state index contributed by atoms with van der Waals surface area (Å²) in [5, 5.41) is 13.6. The summed E-state index contributed by atoms with van der Waals surface area (Å²) in [5.74, 6) is 5.09. The van der Waals surface area contributed by atoms with Gasteiger partial charge in [-0.2, -0.15) is 5.10 Å². The summed E-state index contributed by atoms with van der Waals surface area (Å²) in [6.07, 6.45) is 4.27. The van der Waals surface area contributed by atoms with E-state index in [-0.39, 0.29) is 47.4 Å². The number of carboxylic acid groups (broad SMARTS) is 1. The molecule has 252 valence electrons. The van der Waals surface area contributed by atoms with Crippen molar-refractivity contribution in [2.75, 3.05) is 13.7 Å².